The van der Waals surface area contributed by atoms with Crippen molar-refractivity contribution in [1.82, 2.24) is 10.0 Å². The molecule has 0 N–H and O–H groups in total. The van der Waals surface area contributed by atoms with Crippen LogP contribution in [-0.2, 0) is 9.53 Å². The number of benzene rings is 1. The number of carbonyl (C=O) groups is 1. The Bertz CT molecular complexity index is 1040. The zero-order valence-corrected chi connectivity index (χ0v) is 17.5. The van der Waals surface area contributed by atoms with Crippen molar-refractivity contribution in [1.29, 1.82) is 0 Å². The Morgan fingerprint density at radius 1 is 1.27 bits per heavy atom. The van der Waals surface area contributed by atoms with Gasteiger partial charge in [-0.25, -0.2) is 10.0 Å². The van der Waals surface area contributed by atoms with Crippen molar-refractivity contribution in [2.24, 2.45) is 0 Å². The molecule has 2 aliphatic rings. The number of morpholine rings is 1. The topological polar surface area (TPSA) is 98.3 Å². The number of hydrazine groups is 1. The van der Waals surface area contributed by atoms with E-state index in [4.69, 9.17) is 26.1 Å². The average molecular weight is 447 g/mol. The van der Waals surface area contributed by atoms with E-state index in [1.165, 1.54) is 29.9 Å². The molecule has 2 saturated heterocycles. The third-order valence-electron chi connectivity index (χ3n) is 4.61. The maximum absolute atomic E-state index is 12.8. The number of methoxy groups -OCH3 is 1. The summed E-state index contributed by atoms with van der Waals surface area (Å²) in [4.78, 5) is 24.2. The monoisotopic (exact) mass is 447 g/mol. The van der Waals surface area contributed by atoms with Crippen LogP contribution in [0.4, 0.5) is 5.69 Å². The van der Waals surface area contributed by atoms with E-state index in [1.54, 1.807) is 30.3 Å². The van der Waals surface area contributed by atoms with E-state index in [1.807, 2.05) is 5.01 Å². The summed E-state index contributed by atoms with van der Waals surface area (Å²) in [5.74, 6) is 0.876. The Balaban J connectivity index is 1.59. The molecule has 0 atom stereocenters. The minimum absolute atomic E-state index is 0.131. The van der Waals surface area contributed by atoms with E-state index in [0.29, 0.717) is 58.4 Å². The van der Waals surface area contributed by atoms with Crippen molar-refractivity contribution in [3.63, 3.8) is 0 Å². The highest BCUT2D eigenvalue weighted by atomic mass is 32.2. The molecule has 1 aromatic carbocycles. The van der Waals surface area contributed by atoms with Gasteiger partial charge in [0, 0.05) is 19.2 Å². The lowest BCUT2D eigenvalue weighted by atomic mass is 10.1. The Hall–Kier alpha value is -2.73. The van der Waals surface area contributed by atoms with Crippen LogP contribution in [0.2, 0.25) is 0 Å². The molecule has 0 unspecified atom stereocenters. The molecule has 0 saturated carbocycles. The van der Waals surface area contributed by atoms with Gasteiger partial charge in [0.25, 0.3) is 11.6 Å². The quantitative estimate of drug-likeness (QED) is 0.296. The molecule has 1 amide bonds. The molecule has 2 fully saturated rings. The largest absolute Gasteiger partial charge is 0.497 e. The van der Waals surface area contributed by atoms with Gasteiger partial charge in [-0.2, -0.15) is 0 Å². The first-order valence-electron chi connectivity index (χ1n) is 9.01. The summed E-state index contributed by atoms with van der Waals surface area (Å²) in [6, 6.07) is 7.81. The summed E-state index contributed by atoms with van der Waals surface area (Å²) >= 11 is 6.56. The molecule has 11 heteroatoms. The predicted octanol–water partition coefficient (Wildman–Crippen LogP) is 3.31. The lowest BCUT2D eigenvalue weighted by Crippen LogP contribution is -2.50. The molecule has 2 aromatic rings. The van der Waals surface area contributed by atoms with Crippen LogP contribution in [0.3, 0.4) is 0 Å². The number of nitro benzene ring substituents is 1. The number of furan rings is 1. The van der Waals surface area contributed by atoms with Gasteiger partial charge in [-0.3, -0.25) is 14.9 Å². The fourth-order valence-electron chi connectivity index (χ4n) is 3.16. The van der Waals surface area contributed by atoms with Crippen molar-refractivity contribution in [2.45, 2.75) is 0 Å². The Kier molecular flexibility index (Phi) is 5.86. The molecule has 0 radical (unpaired) electrons. The van der Waals surface area contributed by atoms with E-state index in [9.17, 15) is 14.9 Å². The van der Waals surface area contributed by atoms with Crippen molar-refractivity contribution in [2.75, 3.05) is 33.4 Å². The van der Waals surface area contributed by atoms with E-state index in [-0.39, 0.29) is 11.6 Å². The molecule has 9 nitrogen and oxygen atoms in total. The summed E-state index contributed by atoms with van der Waals surface area (Å²) < 4.78 is 16.6. The zero-order valence-electron chi connectivity index (χ0n) is 15.9. The van der Waals surface area contributed by atoms with Gasteiger partial charge in [-0.05, 0) is 24.3 Å². The number of nitrogens with zero attached hydrogens (tertiary/aromatic N) is 3. The van der Waals surface area contributed by atoms with Gasteiger partial charge in [0.2, 0.25) is 0 Å². The Labute approximate surface area is 181 Å². The number of hydrogen-bond donors (Lipinski definition) is 0. The second-order valence-electron chi connectivity index (χ2n) is 6.40. The number of ether oxygens (including phenoxy) is 2. The Morgan fingerprint density at radius 2 is 2.03 bits per heavy atom. The van der Waals surface area contributed by atoms with Gasteiger partial charge in [0.1, 0.15) is 17.3 Å². The number of thioether (sulfide) groups is 1. The highest BCUT2D eigenvalue weighted by Crippen LogP contribution is 2.37. The van der Waals surface area contributed by atoms with Gasteiger partial charge in [-0.1, -0.05) is 24.0 Å². The summed E-state index contributed by atoms with van der Waals surface area (Å²) in [7, 11) is 1.44. The van der Waals surface area contributed by atoms with Crippen molar-refractivity contribution < 1.29 is 23.6 Å². The molecule has 156 valence electrons. The number of amides is 1. The maximum atomic E-state index is 12.8. The van der Waals surface area contributed by atoms with Crippen LogP contribution in [0.25, 0.3) is 17.4 Å². The van der Waals surface area contributed by atoms with Crippen LogP contribution in [0.15, 0.2) is 39.7 Å². The fraction of sp³-hybridized carbons (Fsp3) is 0.263. The smallest absolute Gasteiger partial charge is 0.284 e. The molecular weight excluding hydrogens is 430 g/mol. The van der Waals surface area contributed by atoms with E-state index < -0.39 is 4.92 Å². The Morgan fingerprint density at radius 3 is 2.73 bits per heavy atom. The third kappa shape index (κ3) is 3.97. The van der Waals surface area contributed by atoms with Crippen molar-refractivity contribution in [3.05, 3.63) is 51.1 Å². The van der Waals surface area contributed by atoms with E-state index in [2.05, 4.69) is 0 Å². The van der Waals surface area contributed by atoms with Crippen LogP contribution >= 0.6 is 24.0 Å². The van der Waals surface area contributed by atoms with Crippen LogP contribution < -0.4 is 4.74 Å². The lowest BCUT2D eigenvalue weighted by molar-refractivity contribution is -0.384. The summed E-state index contributed by atoms with van der Waals surface area (Å²) in [5.41, 5.74) is 0.190. The highest BCUT2D eigenvalue weighted by molar-refractivity contribution is 8.26. The molecule has 2 aliphatic heterocycles. The fourth-order valence-corrected chi connectivity index (χ4v) is 4.45. The maximum Gasteiger partial charge on any atom is 0.284 e. The lowest BCUT2D eigenvalue weighted by Gasteiger charge is -2.33. The minimum Gasteiger partial charge on any atom is -0.497 e. The van der Waals surface area contributed by atoms with Crippen LogP contribution in [0.5, 0.6) is 5.75 Å². The first-order valence-corrected chi connectivity index (χ1v) is 10.2. The average Bonchev–Trinajstić information content (AvgIpc) is 3.32. The number of nitro groups is 1. The summed E-state index contributed by atoms with van der Waals surface area (Å²) in [6.07, 6.45) is 1.60. The highest BCUT2D eigenvalue weighted by Gasteiger charge is 2.37. The normalized spacial score (nSPS) is 19.0. The van der Waals surface area contributed by atoms with Crippen molar-refractivity contribution >= 4 is 46.0 Å². The van der Waals surface area contributed by atoms with Gasteiger partial charge < -0.3 is 13.9 Å². The van der Waals surface area contributed by atoms with Gasteiger partial charge >= 0.3 is 0 Å². The molecule has 30 heavy (non-hydrogen) atoms. The summed E-state index contributed by atoms with van der Waals surface area (Å²) in [5, 5.41) is 14.8. The first kappa shape index (κ1) is 20.5. The molecule has 3 heterocycles. The molecule has 4 rings (SSSR count). The minimum atomic E-state index is -0.493. The van der Waals surface area contributed by atoms with Crippen LogP contribution in [-0.4, -0.2) is 58.6 Å². The van der Waals surface area contributed by atoms with Gasteiger partial charge in [0.15, 0.2) is 4.32 Å². The molecular formula is C19H17N3O6S2. The third-order valence-corrected chi connectivity index (χ3v) is 5.89. The van der Waals surface area contributed by atoms with E-state index >= 15 is 0 Å². The predicted molar refractivity (Wildman–Crippen MR) is 115 cm³/mol. The number of rotatable bonds is 5. The first-order chi connectivity index (χ1) is 14.5. The second-order valence-corrected chi connectivity index (χ2v) is 8.08. The van der Waals surface area contributed by atoms with Crippen LogP contribution in [0, 0.1) is 10.1 Å². The van der Waals surface area contributed by atoms with Crippen LogP contribution in [0.1, 0.15) is 5.76 Å². The number of carbonyl (C=O) groups excluding carboxylic acids is 1. The van der Waals surface area contributed by atoms with Crippen molar-refractivity contribution in [3.8, 4) is 17.1 Å². The molecule has 0 aliphatic carbocycles. The summed E-state index contributed by atoms with van der Waals surface area (Å²) in [6.45, 7) is 2.26. The van der Waals surface area contributed by atoms with Gasteiger partial charge in [0.05, 0.1) is 41.8 Å². The molecule has 0 spiro atoms. The standard InChI is InChI=1S/C19H17N3O6S2/c1-26-12-2-4-14(15(10-12)22(24)25)16-5-3-13(28-16)11-17-18(23)21(19(29)30-17)20-6-8-27-9-7-20/h2-5,10-11H,6-9H2,1H3. The molecule has 0 bridgehead atoms. The number of hydrogen-bond acceptors (Lipinski definition) is 9. The zero-order chi connectivity index (χ0) is 21.3. The molecule has 1 aromatic heterocycles. The second kappa shape index (κ2) is 8.56. The number of thiocarbonyl (C=S) groups is 1. The van der Waals surface area contributed by atoms with Gasteiger partial charge in [-0.15, -0.1) is 0 Å². The SMILES string of the molecule is COc1ccc(-c2ccc(C=C3SC(=S)N(N4CCOCC4)C3=O)o2)c([N+](=O)[O-])c1. The van der Waals surface area contributed by atoms with E-state index in [0.717, 1.165) is 0 Å².